The summed E-state index contributed by atoms with van der Waals surface area (Å²) in [6.07, 6.45) is 3.43. The number of aromatic nitrogens is 3. The predicted octanol–water partition coefficient (Wildman–Crippen LogP) is 3.34. The Morgan fingerprint density at radius 1 is 1.18 bits per heavy atom. The first-order chi connectivity index (χ1) is 15.8. The van der Waals surface area contributed by atoms with Crippen LogP contribution in [0.1, 0.15) is 33.9 Å². The van der Waals surface area contributed by atoms with Crippen LogP contribution < -0.4 is 20.7 Å². The molecule has 10 nitrogen and oxygen atoms in total. The zero-order valence-electron chi connectivity index (χ0n) is 18.0. The number of H-pyrrole nitrogens is 2. The molecule has 0 saturated carbocycles. The number of rotatable bonds is 4. The van der Waals surface area contributed by atoms with Crippen LogP contribution in [0.2, 0.25) is 0 Å². The summed E-state index contributed by atoms with van der Waals surface area (Å²) in [5.74, 6) is -0.312. The summed E-state index contributed by atoms with van der Waals surface area (Å²) >= 11 is 1.31. The van der Waals surface area contributed by atoms with Gasteiger partial charge in [0.25, 0.3) is 17.7 Å². The number of benzene rings is 1. The molecule has 0 fully saturated rings. The summed E-state index contributed by atoms with van der Waals surface area (Å²) in [6.45, 7) is 3.33. The van der Waals surface area contributed by atoms with Gasteiger partial charge >= 0.3 is 0 Å². The van der Waals surface area contributed by atoms with Crippen molar-refractivity contribution in [1.82, 2.24) is 20.5 Å². The van der Waals surface area contributed by atoms with E-state index in [0.717, 1.165) is 10.4 Å². The van der Waals surface area contributed by atoms with Crippen LogP contribution >= 0.6 is 11.3 Å². The molecule has 0 bridgehead atoms. The van der Waals surface area contributed by atoms with Crippen molar-refractivity contribution in [3.05, 3.63) is 47.1 Å². The van der Waals surface area contributed by atoms with Gasteiger partial charge in [-0.25, -0.2) is 0 Å². The van der Waals surface area contributed by atoms with Gasteiger partial charge in [-0.3, -0.25) is 19.5 Å². The topological polar surface area (TPSA) is 141 Å². The van der Waals surface area contributed by atoms with Gasteiger partial charge in [0.1, 0.15) is 11.6 Å². The molecule has 0 radical (unpaired) electrons. The Balaban J connectivity index is 1.53. The molecule has 4 heterocycles. The van der Waals surface area contributed by atoms with E-state index in [1.165, 1.54) is 18.4 Å². The van der Waals surface area contributed by atoms with Crippen LogP contribution in [0.15, 0.2) is 36.7 Å². The van der Waals surface area contributed by atoms with Gasteiger partial charge in [-0.1, -0.05) is 0 Å². The Morgan fingerprint density at radius 2 is 2.00 bits per heavy atom. The van der Waals surface area contributed by atoms with Crippen molar-refractivity contribution >= 4 is 51.5 Å². The van der Waals surface area contributed by atoms with E-state index in [4.69, 9.17) is 4.74 Å². The smallest absolute Gasteiger partial charge is 0.268 e. The number of anilines is 2. The molecular weight excluding hydrogens is 444 g/mol. The highest BCUT2D eigenvalue weighted by atomic mass is 32.1. The Kier molecular flexibility index (Phi) is 4.71. The number of nitrogens with zero attached hydrogens (tertiary/aromatic N) is 1. The van der Waals surface area contributed by atoms with Gasteiger partial charge in [0, 0.05) is 29.1 Å². The minimum absolute atomic E-state index is 0.251. The van der Waals surface area contributed by atoms with Gasteiger partial charge in [0.15, 0.2) is 5.60 Å². The minimum Gasteiger partial charge on any atom is -0.476 e. The monoisotopic (exact) mass is 464 g/mol. The van der Waals surface area contributed by atoms with E-state index in [-0.39, 0.29) is 29.1 Å². The van der Waals surface area contributed by atoms with E-state index in [9.17, 15) is 14.4 Å². The first-order valence-corrected chi connectivity index (χ1v) is 10.9. The number of amides is 3. The van der Waals surface area contributed by atoms with Crippen molar-refractivity contribution in [2.24, 2.45) is 0 Å². The fraction of sp³-hybridized carbons (Fsp3) is 0.182. The summed E-state index contributed by atoms with van der Waals surface area (Å²) in [7, 11) is 1.52. The molecule has 3 aromatic heterocycles. The van der Waals surface area contributed by atoms with Crippen molar-refractivity contribution in [3.8, 4) is 16.2 Å². The quantitative estimate of drug-likeness (QED) is 0.315. The van der Waals surface area contributed by atoms with Crippen molar-refractivity contribution in [2.45, 2.75) is 19.4 Å². The second-order valence-corrected chi connectivity index (χ2v) is 9.10. The predicted molar refractivity (Wildman–Crippen MR) is 125 cm³/mol. The number of aromatic amines is 2. The van der Waals surface area contributed by atoms with E-state index >= 15 is 0 Å². The van der Waals surface area contributed by atoms with Crippen LogP contribution in [0.4, 0.5) is 11.5 Å². The zero-order chi connectivity index (χ0) is 23.3. The van der Waals surface area contributed by atoms with Crippen LogP contribution in [-0.4, -0.2) is 45.6 Å². The van der Waals surface area contributed by atoms with Crippen LogP contribution in [0.25, 0.3) is 21.3 Å². The summed E-state index contributed by atoms with van der Waals surface area (Å²) in [5.41, 5.74) is 1.15. The van der Waals surface area contributed by atoms with Gasteiger partial charge < -0.3 is 25.7 Å². The highest BCUT2D eigenvalue weighted by Crippen LogP contribution is 2.39. The molecule has 3 amide bonds. The second-order valence-electron chi connectivity index (χ2n) is 8.02. The van der Waals surface area contributed by atoms with Crippen molar-refractivity contribution in [3.63, 3.8) is 0 Å². The fourth-order valence-electron chi connectivity index (χ4n) is 3.63. The van der Waals surface area contributed by atoms with Gasteiger partial charge in [0.2, 0.25) is 0 Å². The molecule has 0 spiro atoms. The number of fused-ring (bicyclic) bond motifs is 2. The molecule has 0 aliphatic carbocycles. The molecule has 33 heavy (non-hydrogen) atoms. The number of ether oxygens (including phenoxy) is 1. The number of carbonyl (C=O) groups is 3. The highest BCUT2D eigenvalue weighted by Gasteiger charge is 2.36. The van der Waals surface area contributed by atoms with Crippen molar-refractivity contribution < 1.29 is 19.1 Å². The standard InChI is InChI=1S/C22H20N6O4S/c1-22(2)21(31)27-13-7-12-11(6-14(13)32-22)17(20(30)23-3)18(26-12)28-19(29)16-5-4-15(33-16)10-8-24-25-9-10/h4-9,26H,1-3H3,(H,23,30)(H,24,25)(H,27,31)(H,28,29). The molecule has 0 atom stereocenters. The summed E-state index contributed by atoms with van der Waals surface area (Å²) in [6, 6.07) is 6.92. The van der Waals surface area contributed by atoms with Gasteiger partial charge in [-0.15, -0.1) is 11.3 Å². The lowest BCUT2D eigenvalue weighted by molar-refractivity contribution is -0.129. The zero-order valence-corrected chi connectivity index (χ0v) is 18.8. The van der Waals surface area contributed by atoms with Crippen LogP contribution in [0.5, 0.6) is 5.75 Å². The maximum absolute atomic E-state index is 13.0. The summed E-state index contributed by atoms with van der Waals surface area (Å²) in [4.78, 5) is 42.4. The molecule has 168 valence electrons. The molecule has 0 saturated heterocycles. The Bertz CT molecular complexity index is 1420. The lowest BCUT2D eigenvalue weighted by Crippen LogP contribution is -2.45. The highest BCUT2D eigenvalue weighted by molar-refractivity contribution is 7.17. The lowest BCUT2D eigenvalue weighted by atomic mass is 10.0. The molecule has 0 unspecified atom stereocenters. The van der Waals surface area contributed by atoms with Gasteiger partial charge in [0.05, 0.1) is 27.8 Å². The third kappa shape index (κ3) is 3.52. The molecule has 1 aliphatic heterocycles. The van der Waals surface area contributed by atoms with E-state index in [1.54, 1.807) is 44.4 Å². The normalized spacial score (nSPS) is 14.3. The largest absolute Gasteiger partial charge is 0.476 e. The van der Waals surface area contributed by atoms with Crippen molar-refractivity contribution in [1.29, 1.82) is 0 Å². The Morgan fingerprint density at radius 3 is 2.73 bits per heavy atom. The summed E-state index contributed by atoms with van der Waals surface area (Å²) < 4.78 is 5.85. The lowest BCUT2D eigenvalue weighted by Gasteiger charge is -2.31. The van der Waals surface area contributed by atoms with E-state index < -0.39 is 5.60 Å². The number of hydrogen-bond donors (Lipinski definition) is 5. The maximum atomic E-state index is 13.0. The van der Waals surface area contributed by atoms with Gasteiger partial charge in [-0.2, -0.15) is 5.10 Å². The average Bonchev–Trinajstić information content (AvgIpc) is 3.51. The molecule has 1 aromatic carbocycles. The van der Waals surface area contributed by atoms with Crippen LogP contribution in [0, 0.1) is 0 Å². The van der Waals surface area contributed by atoms with E-state index in [1.807, 2.05) is 6.07 Å². The number of nitrogens with one attached hydrogen (secondary N) is 5. The third-order valence-corrected chi connectivity index (χ3v) is 6.50. The van der Waals surface area contributed by atoms with Crippen LogP contribution in [0.3, 0.4) is 0 Å². The first kappa shape index (κ1) is 20.8. The Labute approximate surface area is 191 Å². The summed E-state index contributed by atoms with van der Waals surface area (Å²) in [5, 5.41) is 15.5. The average molecular weight is 465 g/mol. The van der Waals surface area contributed by atoms with E-state index in [0.29, 0.717) is 27.2 Å². The third-order valence-electron chi connectivity index (χ3n) is 5.36. The SMILES string of the molecule is CNC(=O)c1c(NC(=O)c2ccc(-c3cn[nH]c3)s2)[nH]c2cc3c(cc12)OC(C)(C)C(=O)N3. The maximum Gasteiger partial charge on any atom is 0.268 e. The number of carbonyl (C=O) groups excluding carboxylic acids is 3. The van der Waals surface area contributed by atoms with Crippen LogP contribution in [-0.2, 0) is 4.79 Å². The molecule has 5 N–H and O–H groups in total. The molecule has 5 rings (SSSR count). The number of thiophene rings is 1. The molecule has 1 aliphatic rings. The molecular formula is C22H20N6O4S. The molecule has 11 heteroatoms. The Hall–Kier alpha value is -4.12. The fourth-order valence-corrected chi connectivity index (χ4v) is 4.51. The van der Waals surface area contributed by atoms with E-state index in [2.05, 4.69) is 31.1 Å². The van der Waals surface area contributed by atoms with Crippen molar-refractivity contribution in [2.75, 3.05) is 17.7 Å². The second kappa shape index (κ2) is 7.48. The minimum atomic E-state index is -1.05. The first-order valence-electron chi connectivity index (χ1n) is 10.1. The molecule has 4 aromatic rings. The number of hydrogen-bond acceptors (Lipinski definition) is 6. The van der Waals surface area contributed by atoms with Gasteiger partial charge in [-0.05, 0) is 38.1 Å².